The van der Waals surface area contributed by atoms with Crippen LogP contribution >= 0.6 is 0 Å². The maximum Gasteiger partial charge on any atom is 0.123 e. The van der Waals surface area contributed by atoms with Crippen molar-refractivity contribution in [3.8, 4) is 0 Å². The lowest BCUT2D eigenvalue weighted by Gasteiger charge is -2.33. The van der Waals surface area contributed by atoms with Crippen LogP contribution in [0, 0.1) is 18.2 Å². The molecule has 0 spiro atoms. The van der Waals surface area contributed by atoms with Gasteiger partial charge in [0.1, 0.15) is 5.82 Å². The Balaban J connectivity index is 1.95. The molecule has 0 aromatic heterocycles. The standard InChI is InChI=1S/C18H29FN2/c1-14-12-16(19)7-6-15(14)8-11-21-10-5-9-20-17(13-21)18(2,3)4/h6-7,12,17,20H,5,8-11,13H2,1-4H3. The van der Waals surface area contributed by atoms with Crippen molar-refractivity contribution < 1.29 is 4.39 Å². The molecule has 0 aliphatic carbocycles. The normalized spacial score (nSPS) is 21.3. The molecule has 1 fully saturated rings. The van der Waals surface area contributed by atoms with Crippen molar-refractivity contribution in [2.75, 3.05) is 26.2 Å². The van der Waals surface area contributed by atoms with Gasteiger partial charge in [0.05, 0.1) is 0 Å². The van der Waals surface area contributed by atoms with E-state index in [-0.39, 0.29) is 11.2 Å². The Morgan fingerprint density at radius 1 is 1.33 bits per heavy atom. The lowest BCUT2D eigenvalue weighted by atomic mass is 9.86. The van der Waals surface area contributed by atoms with Gasteiger partial charge in [-0.1, -0.05) is 26.8 Å². The summed E-state index contributed by atoms with van der Waals surface area (Å²) >= 11 is 0. The number of benzene rings is 1. The van der Waals surface area contributed by atoms with E-state index in [2.05, 4.69) is 31.0 Å². The molecule has 0 saturated carbocycles. The van der Waals surface area contributed by atoms with Gasteiger partial charge in [-0.05, 0) is 61.5 Å². The van der Waals surface area contributed by atoms with Crippen molar-refractivity contribution in [1.29, 1.82) is 0 Å². The molecule has 1 N–H and O–H groups in total. The number of nitrogens with one attached hydrogen (secondary N) is 1. The molecule has 1 heterocycles. The minimum absolute atomic E-state index is 0.136. The van der Waals surface area contributed by atoms with Gasteiger partial charge >= 0.3 is 0 Å². The lowest BCUT2D eigenvalue weighted by Crippen LogP contribution is -2.46. The van der Waals surface area contributed by atoms with Gasteiger partial charge in [0.25, 0.3) is 0 Å². The van der Waals surface area contributed by atoms with Gasteiger partial charge in [0.15, 0.2) is 0 Å². The maximum atomic E-state index is 13.2. The molecule has 2 rings (SSSR count). The van der Waals surface area contributed by atoms with E-state index >= 15 is 0 Å². The third-order valence-corrected chi connectivity index (χ3v) is 4.53. The van der Waals surface area contributed by atoms with E-state index in [0.717, 1.165) is 38.2 Å². The zero-order valence-corrected chi connectivity index (χ0v) is 13.9. The largest absolute Gasteiger partial charge is 0.312 e. The van der Waals surface area contributed by atoms with Gasteiger partial charge in [-0.3, -0.25) is 0 Å². The number of aryl methyl sites for hydroxylation is 1. The summed E-state index contributed by atoms with van der Waals surface area (Å²) in [7, 11) is 0. The highest BCUT2D eigenvalue weighted by Crippen LogP contribution is 2.22. The third-order valence-electron chi connectivity index (χ3n) is 4.53. The summed E-state index contributed by atoms with van der Waals surface area (Å²) in [5.74, 6) is -0.136. The minimum atomic E-state index is -0.136. The van der Waals surface area contributed by atoms with Crippen molar-refractivity contribution >= 4 is 0 Å². The first-order valence-electron chi connectivity index (χ1n) is 8.07. The third kappa shape index (κ3) is 4.79. The van der Waals surface area contributed by atoms with Crippen LogP contribution in [0.2, 0.25) is 0 Å². The zero-order valence-electron chi connectivity index (χ0n) is 13.9. The van der Waals surface area contributed by atoms with Crippen LogP contribution in [-0.2, 0) is 6.42 Å². The molecular formula is C18H29FN2. The highest BCUT2D eigenvalue weighted by molar-refractivity contribution is 5.26. The van der Waals surface area contributed by atoms with Crippen molar-refractivity contribution in [3.05, 3.63) is 35.1 Å². The van der Waals surface area contributed by atoms with E-state index < -0.39 is 0 Å². The summed E-state index contributed by atoms with van der Waals surface area (Å²) in [6.07, 6.45) is 2.21. The Hall–Kier alpha value is -0.930. The predicted octanol–water partition coefficient (Wildman–Crippen LogP) is 3.39. The summed E-state index contributed by atoms with van der Waals surface area (Å²) in [6.45, 7) is 13.3. The average molecular weight is 292 g/mol. The monoisotopic (exact) mass is 292 g/mol. The average Bonchev–Trinajstić information content (AvgIpc) is 2.63. The number of hydrogen-bond acceptors (Lipinski definition) is 2. The summed E-state index contributed by atoms with van der Waals surface area (Å²) in [4.78, 5) is 2.55. The Labute approximate surface area is 128 Å². The van der Waals surface area contributed by atoms with Crippen molar-refractivity contribution in [1.82, 2.24) is 10.2 Å². The van der Waals surface area contributed by atoms with Crippen molar-refractivity contribution in [2.45, 2.75) is 46.6 Å². The highest BCUT2D eigenvalue weighted by atomic mass is 19.1. The molecule has 1 aliphatic rings. The number of rotatable bonds is 3. The van der Waals surface area contributed by atoms with Crippen LogP contribution in [0.3, 0.4) is 0 Å². The first-order chi connectivity index (χ1) is 9.86. The lowest BCUT2D eigenvalue weighted by molar-refractivity contribution is 0.198. The first kappa shape index (κ1) is 16.4. The molecule has 21 heavy (non-hydrogen) atoms. The Bertz CT molecular complexity index is 465. The molecule has 2 nitrogen and oxygen atoms in total. The fraction of sp³-hybridized carbons (Fsp3) is 0.667. The number of hydrogen-bond donors (Lipinski definition) is 1. The fourth-order valence-corrected chi connectivity index (χ4v) is 2.99. The van der Waals surface area contributed by atoms with Crippen molar-refractivity contribution in [2.24, 2.45) is 5.41 Å². The van der Waals surface area contributed by atoms with Crippen LogP contribution in [0.15, 0.2) is 18.2 Å². The van der Waals surface area contributed by atoms with Gasteiger partial charge in [0.2, 0.25) is 0 Å². The second-order valence-corrected chi connectivity index (χ2v) is 7.35. The van der Waals surface area contributed by atoms with E-state index in [4.69, 9.17) is 0 Å². The number of nitrogens with zero attached hydrogens (tertiary/aromatic N) is 1. The summed E-state index contributed by atoms with van der Waals surface area (Å²) in [6, 6.07) is 5.68. The quantitative estimate of drug-likeness (QED) is 0.918. The number of halogens is 1. The summed E-state index contributed by atoms with van der Waals surface area (Å²) in [5.41, 5.74) is 2.62. The topological polar surface area (TPSA) is 15.3 Å². The van der Waals surface area contributed by atoms with E-state index in [9.17, 15) is 4.39 Å². The SMILES string of the molecule is Cc1cc(F)ccc1CCN1CCCNC(C(C)(C)C)C1. The Morgan fingerprint density at radius 3 is 2.76 bits per heavy atom. The van der Waals surface area contributed by atoms with Gasteiger partial charge in [-0.15, -0.1) is 0 Å². The maximum absolute atomic E-state index is 13.2. The molecule has 1 aromatic rings. The molecular weight excluding hydrogens is 263 g/mol. The molecule has 118 valence electrons. The molecule has 1 aromatic carbocycles. The van der Waals surface area contributed by atoms with Crippen LogP contribution in [0.25, 0.3) is 0 Å². The molecule has 0 bridgehead atoms. The first-order valence-corrected chi connectivity index (χ1v) is 8.07. The second kappa shape index (κ2) is 6.89. The molecule has 1 saturated heterocycles. The zero-order chi connectivity index (χ0) is 15.5. The molecule has 1 atom stereocenters. The fourth-order valence-electron chi connectivity index (χ4n) is 2.99. The Kier molecular flexibility index (Phi) is 5.39. The van der Waals surface area contributed by atoms with Crippen LogP contribution in [0.4, 0.5) is 4.39 Å². The van der Waals surface area contributed by atoms with E-state index in [1.165, 1.54) is 12.0 Å². The smallest absolute Gasteiger partial charge is 0.123 e. The molecule has 3 heteroatoms. The van der Waals surface area contributed by atoms with E-state index in [1.54, 1.807) is 12.1 Å². The highest BCUT2D eigenvalue weighted by Gasteiger charge is 2.27. The Morgan fingerprint density at radius 2 is 2.10 bits per heavy atom. The van der Waals surface area contributed by atoms with Crippen LogP contribution < -0.4 is 5.32 Å². The molecule has 1 aliphatic heterocycles. The van der Waals surface area contributed by atoms with E-state index in [0.29, 0.717) is 6.04 Å². The summed E-state index contributed by atoms with van der Waals surface area (Å²) < 4.78 is 13.2. The summed E-state index contributed by atoms with van der Waals surface area (Å²) in [5, 5.41) is 3.68. The van der Waals surface area contributed by atoms with E-state index in [1.807, 2.05) is 13.0 Å². The minimum Gasteiger partial charge on any atom is -0.312 e. The van der Waals surface area contributed by atoms with Gasteiger partial charge in [-0.2, -0.15) is 0 Å². The molecule has 1 unspecified atom stereocenters. The van der Waals surface area contributed by atoms with Crippen molar-refractivity contribution in [3.63, 3.8) is 0 Å². The molecule has 0 radical (unpaired) electrons. The van der Waals surface area contributed by atoms with Crippen LogP contribution in [0.1, 0.15) is 38.3 Å². The molecule has 0 amide bonds. The van der Waals surface area contributed by atoms with Gasteiger partial charge < -0.3 is 10.2 Å². The predicted molar refractivity (Wildman–Crippen MR) is 87.1 cm³/mol. The van der Waals surface area contributed by atoms with Gasteiger partial charge in [-0.25, -0.2) is 4.39 Å². The van der Waals surface area contributed by atoms with Crippen LogP contribution in [-0.4, -0.2) is 37.1 Å². The van der Waals surface area contributed by atoms with Crippen LogP contribution in [0.5, 0.6) is 0 Å². The second-order valence-electron chi connectivity index (χ2n) is 7.35. The van der Waals surface area contributed by atoms with Gasteiger partial charge in [0, 0.05) is 19.1 Å².